The summed E-state index contributed by atoms with van der Waals surface area (Å²) < 4.78 is 29.4. The SMILES string of the molecule is C=CCBr.C=CCBr.C=CCOCOCC=C.C=CCOCOCC=C.C=CCOCOCC=C.OCO. The summed E-state index contributed by atoms with van der Waals surface area (Å²) in [6.07, 6.45) is 13.7. The number of allylic oxidation sites excluding steroid dienone is 2. The summed E-state index contributed by atoms with van der Waals surface area (Å²) >= 11 is 6.26. The molecule has 0 aliphatic rings. The Kier molecular flexibility index (Phi) is 91.7. The lowest BCUT2D eigenvalue weighted by atomic mass is 10.7. The van der Waals surface area contributed by atoms with Gasteiger partial charge in [-0.3, -0.25) is 0 Å². The number of rotatable bonds is 20. The Bertz CT molecular complexity index is 385. The summed E-state index contributed by atoms with van der Waals surface area (Å²) in [6.45, 7) is 31.2. The van der Waals surface area contributed by atoms with Gasteiger partial charge in [-0.15, -0.1) is 52.6 Å². The van der Waals surface area contributed by atoms with Crippen LogP contribution in [0.4, 0.5) is 0 Å². The number of aliphatic hydroxyl groups excluding tert-OH is 1. The normalized spacial score (nSPS) is 8.11. The molecule has 8 nitrogen and oxygen atoms in total. The van der Waals surface area contributed by atoms with Gasteiger partial charge in [-0.1, -0.05) is 80.5 Å². The van der Waals surface area contributed by atoms with Gasteiger partial charge in [0.25, 0.3) is 0 Å². The van der Waals surface area contributed by atoms with Crippen molar-refractivity contribution in [2.75, 3.05) is 77.5 Å². The number of halogens is 2. The van der Waals surface area contributed by atoms with Gasteiger partial charge in [0.1, 0.15) is 27.2 Å². The minimum absolute atomic E-state index is 0.317. The highest BCUT2D eigenvalue weighted by molar-refractivity contribution is 9.09. The highest BCUT2D eigenvalue weighted by atomic mass is 79.9. The fourth-order valence-corrected chi connectivity index (χ4v) is 0.965. The third kappa shape index (κ3) is 113. The second-order valence-corrected chi connectivity index (χ2v) is 6.63. The van der Waals surface area contributed by atoms with E-state index in [-0.39, 0.29) is 0 Å². The summed E-state index contributed by atoms with van der Waals surface area (Å²) in [5.74, 6) is 0. The van der Waals surface area contributed by atoms with Crippen molar-refractivity contribution in [3.63, 3.8) is 0 Å². The van der Waals surface area contributed by atoms with Gasteiger partial charge in [0.2, 0.25) is 0 Å². The second kappa shape index (κ2) is 70.4. The van der Waals surface area contributed by atoms with Gasteiger partial charge in [0.05, 0.1) is 39.6 Å². The van der Waals surface area contributed by atoms with Crippen LogP contribution in [0.5, 0.6) is 0 Å². The van der Waals surface area contributed by atoms with Gasteiger partial charge in [0.15, 0.2) is 0 Å². The van der Waals surface area contributed by atoms with Crippen molar-refractivity contribution in [2.45, 2.75) is 0 Å². The molecule has 0 rings (SSSR count). The fraction of sp³-hybridized carbons (Fsp3) is 0.429. The Morgan fingerprint density at radius 2 is 0.526 bits per heavy atom. The lowest BCUT2D eigenvalue weighted by Crippen LogP contribution is -1.98. The summed E-state index contributed by atoms with van der Waals surface area (Å²) in [5.41, 5.74) is 0. The molecule has 10 heteroatoms. The van der Waals surface area contributed by atoms with Gasteiger partial charge in [-0.2, -0.15) is 0 Å². The van der Waals surface area contributed by atoms with E-state index in [1.54, 1.807) is 48.6 Å². The number of aliphatic hydroxyl groups is 2. The molecule has 0 aromatic carbocycles. The van der Waals surface area contributed by atoms with Crippen LogP contribution in [0, 0.1) is 0 Å². The molecule has 0 saturated carbocycles. The zero-order valence-electron chi connectivity index (χ0n) is 22.9. The van der Waals surface area contributed by atoms with Crippen LogP contribution in [0.3, 0.4) is 0 Å². The average Bonchev–Trinajstić information content (AvgIpc) is 2.94. The number of ether oxygens (including phenoxy) is 6. The Morgan fingerprint density at radius 3 is 0.605 bits per heavy atom. The van der Waals surface area contributed by atoms with E-state index in [1.807, 2.05) is 0 Å². The molecule has 224 valence electrons. The molecule has 0 aromatic rings. The van der Waals surface area contributed by atoms with E-state index in [0.29, 0.717) is 60.0 Å². The standard InChI is InChI=1S/3C7H12O2.2C3H5Br.CH4O2/c3*1-3-5-8-7-9-6-4-2;2*1-2-3-4;2-1-3/h3*3-4H,1-2,5-7H2;2*2H,1,3H2;2-3H,1H2. The lowest BCUT2D eigenvalue weighted by molar-refractivity contribution is -0.0331. The summed E-state index contributed by atoms with van der Waals surface area (Å²) in [4.78, 5) is 0. The van der Waals surface area contributed by atoms with Crippen LogP contribution in [0.25, 0.3) is 0 Å². The first-order valence-electron chi connectivity index (χ1n) is 11.2. The fourth-order valence-electron chi connectivity index (χ4n) is 0.965. The average molecular weight is 675 g/mol. The molecule has 0 radical (unpaired) electrons. The minimum Gasteiger partial charge on any atom is -0.371 e. The van der Waals surface area contributed by atoms with Crippen LogP contribution in [-0.2, 0) is 28.4 Å². The third-order valence-corrected chi connectivity index (χ3v) is 3.05. The van der Waals surface area contributed by atoms with Crippen LogP contribution >= 0.6 is 31.9 Å². The van der Waals surface area contributed by atoms with Crippen LogP contribution in [-0.4, -0.2) is 87.7 Å². The first-order chi connectivity index (χ1) is 18.5. The van der Waals surface area contributed by atoms with Gasteiger partial charge < -0.3 is 38.6 Å². The highest BCUT2D eigenvalue weighted by Crippen LogP contribution is 1.79. The first-order valence-corrected chi connectivity index (χ1v) is 13.4. The predicted octanol–water partition coefficient (Wildman–Crippen LogP) is 6.11. The molecule has 38 heavy (non-hydrogen) atoms. The molecule has 0 aliphatic heterocycles. The molecular formula is C28H50Br2O8. The maximum absolute atomic E-state index is 7.12. The monoisotopic (exact) mass is 672 g/mol. The Labute approximate surface area is 248 Å². The molecule has 0 saturated heterocycles. The van der Waals surface area contributed by atoms with Crippen molar-refractivity contribution in [3.05, 3.63) is 101 Å². The Morgan fingerprint density at radius 1 is 0.395 bits per heavy atom. The van der Waals surface area contributed by atoms with E-state index in [2.05, 4.69) is 84.5 Å². The molecular weight excluding hydrogens is 624 g/mol. The van der Waals surface area contributed by atoms with E-state index in [4.69, 9.17) is 38.6 Å². The van der Waals surface area contributed by atoms with Crippen LogP contribution < -0.4 is 0 Å². The largest absolute Gasteiger partial charge is 0.371 e. The smallest absolute Gasteiger partial charge is 0.147 e. The molecule has 0 spiro atoms. The van der Waals surface area contributed by atoms with E-state index in [1.165, 1.54) is 0 Å². The van der Waals surface area contributed by atoms with E-state index >= 15 is 0 Å². The van der Waals surface area contributed by atoms with Gasteiger partial charge in [-0.05, 0) is 0 Å². The van der Waals surface area contributed by atoms with Crippen molar-refractivity contribution < 1.29 is 38.6 Å². The van der Waals surface area contributed by atoms with Gasteiger partial charge in [0, 0.05) is 10.7 Å². The van der Waals surface area contributed by atoms with Crippen molar-refractivity contribution in [1.29, 1.82) is 0 Å². The van der Waals surface area contributed by atoms with E-state index in [9.17, 15) is 0 Å². The molecule has 2 N–H and O–H groups in total. The molecule has 0 amide bonds. The molecule has 0 unspecified atom stereocenters. The number of hydrogen-bond donors (Lipinski definition) is 2. The molecule has 0 aliphatic carbocycles. The topological polar surface area (TPSA) is 95.8 Å². The first kappa shape index (κ1) is 49.5. The van der Waals surface area contributed by atoms with Crippen LogP contribution in [0.15, 0.2) is 101 Å². The summed E-state index contributed by atoms with van der Waals surface area (Å²) in [7, 11) is 0. The zero-order chi connectivity index (χ0) is 30.4. The predicted molar refractivity (Wildman–Crippen MR) is 169 cm³/mol. The van der Waals surface area contributed by atoms with Gasteiger partial charge in [-0.25, -0.2) is 0 Å². The van der Waals surface area contributed by atoms with Crippen molar-refractivity contribution in [3.8, 4) is 0 Å². The molecule has 0 heterocycles. The van der Waals surface area contributed by atoms with Gasteiger partial charge >= 0.3 is 0 Å². The van der Waals surface area contributed by atoms with E-state index < -0.39 is 6.79 Å². The summed E-state index contributed by atoms with van der Waals surface area (Å²) in [6, 6.07) is 0. The number of alkyl halides is 2. The minimum atomic E-state index is -0.750. The number of hydrogen-bond acceptors (Lipinski definition) is 8. The second-order valence-electron chi connectivity index (χ2n) is 5.34. The quantitative estimate of drug-likeness (QED) is 0.0692. The molecule has 0 atom stereocenters. The van der Waals surface area contributed by atoms with Crippen molar-refractivity contribution in [1.82, 2.24) is 0 Å². The molecule has 0 aromatic heterocycles. The zero-order valence-corrected chi connectivity index (χ0v) is 26.0. The maximum atomic E-state index is 7.12. The summed E-state index contributed by atoms with van der Waals surface area (Å²) in [5, 5.41) is 16.0. The highest BCUT2D eigenvalue weighted by Gasteiger charge is 1.81. The Balaban J connectivity index is -0.0000000849. The van der Waals surface area contributed by atoms with E-state index in [0.717, 1.165) is 10.7 Å². The Hall–Kier alpha value is -1.44. The van der Waals surface area contributed by atoms with Crippen molar-refractivity contribution in [2.24, 2.45) is 0 Å². The molecule has 0 bridgehead atoms. The van der Waals surface area contributed by atoms with Crippen LogP contribution in [0.2, 0.25) is 0 Å². The van der Waals surface area contributed by atoms with Crippen molar-refractivity contribution >= 4 is 31.9 Å². The van der Waals surface area contributed by atoms with Crippen LogP contribution in [0.1, 0.15) is 0 Å². The maximum Gasteiger partial charge on any atom is 0.147 e. The molecule has 0 fully saturated rings. The third-order valence-electron chi connectivity index (χ3n) is 2.13. The lowest BCUT2D eigenvalue weighted by Gasteiger charge is -1.98.